The van der Waals surface area contributed by atoms with E-state index in [1.807, 2.05) is 19.1 Å². The number of unbranched alkanes of at least 4 members (excludes halogenated alkanes) is 2. The molecule has 1 N–H and O–H groups in total. The first kappa shape index (κ1) is 15.2. The quantitative estimate of drug-likeness (QED) is 0.422. The molecule has 1 rings (SSSR count). The summed E-state index contributed by atoms with van der Waals surface area (Å²) in [6.07, 6.45) is 4.21. The van der Waals surface area contributed by atoms with Gasteiger partial charge in [-0.3, -0.25) is 9.59 Å². The molecule has 4 heteroatoms. The van der Waals surface area contributed by atoms with Crippen LogP contribution in [0, 0.1) is 0 Å². The molecule has 0 unspecified atom stereocenters. The van der Waals surface area contributed by atoms with Gasteiger partial charge in [-0.25, -0.2) is 0 Å². The Hall–Kier alpha value is -1.84. The Bertz CT molecular complexity index is 387. The second-order valence-electron chi connectivity index (χ2n) is 4.28. The molecule has 4 nitrogen and oxygen atoms in total. The molecule has 1 aromatic carbocycles. The number of ether oxygens (including phenoxy) is 1. The van der Waals surface area contributed by atoms with Gasteiger partial charge >= 0.3 is 5.97 Å². The molecule has 1 aromatic rings. The lowest BCUT2D eigenvalue weighted by Gasteiger charge is -2.06. The fraction of sp³-hybridized carbons (Fsp3) is 0.467. The van der Waals surface area contributed by atoms with Crippen molar-refractivity contribution in [2.24, 2.45) is 0 Å². The van der Waals surface area contributed by atoms with Crippen LogP contribution in [0.5, 0.6) is 0 Å². The summed E-state index contributed by atoms with van der Waals surface area (Å²) >= 11 is 0. The fourth-order valence-corrected chi connectivity index (χ4v) is 1.72. The molecule has 0 saturated carbocycles. The maximum Gasteiger partial charge on any atom is 0.305 e. The highest BCUT2D eigenvalue weighted by atomic mass is 16.5. The number of rotatable bonds is 9. The van der Waals surface area contributed by atoms with E-state index in [4.69, 9.17) is 4.74 Å². The molecule has 0 saturated heterocycles. The third kappa shape index (κ3) is 6.60. The number of benzene rings is 1. The molecule has 0 radical (unpaired) electrons. The van der Waals surface area contributed by atoms with Crippen molar-refractivity contribution in [2.75, 3.05) is 18.5 Å². The predicted octanol–water partition coefficient (Wildman–Crippen LogP) is 3.03. The summed E-state index contributed by atoms with van der Waals surface area (Å²) in [4.78, 5) is 21.6. The van der Waals surface area contributed by atoms with Gasteiger partial charge < -0.3 is 10.1 Å². The lowest BCUT2D eigenvalue weighted by Crippen LogP contribution is -2.05. The van der Waals surface area contributed by atoms with Crippen molar-refractivity contribution in [1.82, 2.24) is 0 Å². The van der Waals surface area contributed by atoms with Crippen LogP contribution < -0.4 is 5.32 Å². The Morgan fingerprint density at radius 1 is 1.21 bits per heavy atom. The molecule has 0 aromatic heterocycles. The summed E-state index contributed by atoms with van der Waals surface area (Å²) in [7, 11) is 0. The first-order valence-corrected chi connectivity index (χ1v) is 6.71. The summed E-state index contributed by atoms with van der Waals surface area (Å²) in [5.74, 6) is -0.111. The van der Waals surface area contributed by atoms with Gasteiger partial charge in [-0.1, -0.05) is 6.42 Å². The van der Waals surface area contributed by atoms with Crippen molar-refractivity contribution >= 4 is 17.9 Å². The number of carbonyl (C=O) groups excluding carboxylic acids is 2. The van der Waals surface area contributed by atoms with Crippen LogP contribution in [0.3, 0.4) is 0 Å². The van der Waals surface area contributed by atoms with Crippen LogP contribution in [0.4, 0.5) is 5.69 Å². The first-order valence-electron chi connectivity index (χ1n) is 6.71. The van der Waals surface area contributed by atoms with Gasteiger partial charge in [0.25, 0.3) is 0 Å². The third-order valence-corrected chi connectivity index (χ3v) is 2.74. The lowest BCUT2D eigenvalue weighted by atomic mass is 10.2. The average molecular weight is 263 g/mol. The molecule has 0 amide bonds. The van der Waals surface area contributed by atoms with E-state index in [0.29, 0.717) is 18.6 Å². The highest BCUT2D eigenvalue weighted by Gasteiger charge is 2.00. The Balaban J connectivity index is 2.07. The van der Waals surface area contributed by atoms with E-state index in [1.54, 1.807) is 12.1 Å². The standard InChI is InChI=1S/C15H21NO3/c1-2-19-15(18)6-4-3-5-11-16-14-9-7-13(12-17)8-10-14/h7-10,12,16H,2-6,11H2,1H3. The van der Waals surface area contributed by atoms with Gasteiger partial charge in [0.1, 0.15) is 6.29 Å². The lowest BCUT2D eigenvalue weighted by molar-refractivity contribution is -0.143. The number of hydrogen-bond acceptors (Lipinski definition) is 4. The van der Waals surface area contributed by atoms with Gasteiger partial charge in [0, 0.05) is 24.2 Å². The monoisotopic (exact) mass is 263 g/mol. The van der Waals surface area contributed by atoms with Crippen molar-refractivity contribution in [3.8, 4) is 0 Å². The Kier molecular flexibility index (Phi) is 7.32. The highest BCUT2D eigenvalue weighted by molar-refractivity contribution is 5.75. The molecule has 0 atom stereocenters. The normalized spacial score (nSPS) is 9.95. The second-order valence-corrected chi connectivity index (χ2v) is 4.28. The largest absolute Gasteiger partial charge is 0.466 e. The summed E-state index contributed by atoms with van der Waals surface area (Å²) in [5.41, 5.74) is 1.69. The van der Waals surface area contributed by atoms with E-state index in [-0.39, 0.29) is 5.97 Å². The minimum Gasteiger partial charge on any atom is -0.466 e. The average Bonchev–Trinajstić information content (AvgIpc) is 2.43. The predicted molar refractivity (Wildman–Crippen MR) is 75.4 cm³/mol. The molecule has 0 spiro atoms. The van der Waals surface area contributed by atoms with Gasteiger partial charge in [-0.05, 0) is 44.0 Å². The first-order chi connectivity index (χ1) is 9.26. The van der Waals surface area contributed by atoms with Gasteiger partial charge in [0.2, 0.25) is 0 Å². The van der Waals surface area contributed by atoms with Gasteiger partial charge in [-0.15, -0.1) is 0 Å². The second kappa shape index (κ2) is 9.14. The van der Waals surface area contributed by atoms with Crippen LogP contribution >= 0.6 is 0 Å². The molecule has 0 aliphatic rings. The van der Waals surface area contributed by atoms with E-state index in [0.717, 1.165) is 37.8 Å². The number of anilines is 1. The Morgan fingerprint density at radius 2 is 1.95 bits per heavy atom. The molecule has 0 fully saturated rings. The van der Waals surface area contributed by atoms with E-state index in [9.17, 15) is 9.59 Å². The van der Waals surface area contributed by atoms with Crippen LogP contribution in [-0.4, -0.2) is 25.4 Å². The Morgan fingerprint density at radius 3 is 2.58 bits per heavy atom. The van der Waals surface area contributed by atoms with Crippen molar-refractivity contribution < 1.29 is 14.3 Å². The van der Waals surface area contributed by atoms with Crippen molar-refractivity contribution in [1.29, 1.82) is 0 Å². The summed E-state index contributed by atoms with van der Waals surface area (Å²) in [6, 6.07) is 7.36. The van der Waals surface area contributed by atoms with E-state index < -0.39 is 0 Å². The molecule has 0 aliphatic heterocycles. The van der Waals surface area contributed by atoms with Crippen LogP contribution in [0.15, 0.2) is 24.3 Å². The topological polar surface area (TPSA) is 55.4 Å². The van der Waals surface area contributed by atoms with Crippen LogP contribution in [-0.2, 0) is 9.53 Å². The smallest absolute Gasteiger partial charge is 0.305 e. The molecule has 0 bridgehead atoms. The summed E-state index contributed by atoms with van der Waals surface area (Å²) in [5, 5.41) is 3.28. The third-order valence-electron chi connectivity index (χ3n) is 2.74. The maximum atomic E-state index is 11.1. The molecule has 104 valence electrons. The minimum atomic E-state index is -0.111. The van der Waals surface area contributed by atoms with Gasteiger partial charge in [0.05, 0.1) is 6.61 Å². The molecule has 0 aliphatic carbocycles. The van der Waals surface area contributed by atoms with Gasteiger partial charge in [0.15, 0.2) is 0 Å². The number of nitrogens with one attached hydrogen (secondary N) is 1. The summed E-state index contributed by atoms with van der Waals surface area (Å²) in [6.45, 7) is 3.14. The number of hydrogen-bond donors (Lipinski definition) is 1. The van der Waals surface area contributed by atoms with Crippen LogP contribution in [0.25, 0.3) is 0 Å². The van der Waals surface area contributed by atoms with Crippen LogP contribution in [0.1, 0.15) is 43.0 Å². The van der Waals surface area contributed by atoms with Crippen LogP contribution in [0.2, 0.25) is 0 Å². The number of carbonyl (C=O) groups is 2. The van der Waals surface area contributed by atoms with E-state index >= 15 is 0 Å². The fourth-order valence-electron chi connectivity index (χ4n) is 1.72. The zero-order valence-electron chi connectivity index (χ0n) is 11.4. The maximum absolute atomic E-state index is 11.1. The molecular formula is C15H21NO3. The zero-order valence-corrected chi connectivity index (χ0v) is 11.4. The van der Waals surface area contributed by atoms with Gasteiger partial charge in [-0.2, -0.15) is 0 Å². The Labute approximate surface area is 114 Å². The minimum absolute atomic E-state index is 0.111. The number of esters is 1. The molecule has 0 heterocycles. The van der Waals surface area contributed by atoms with Crippen molar-refractivity contribution in [3.63, 3.8) is 0 Å². The van der Waals surface area contributed by atoms with E-state index in [2.05, 4.69) is 5.32 Å². The molecular weight excluding hydrogens is 242 g/mol. The highest BCUT2D eigenvalue weighted by Crippen LogP contribution is 2.09. The van der Waals surface area contributed by atoms with Crippen molar-refractivity contribution in [2.45, 2.75) is 32.6 Å². The SMILES string of the molecule is CCOC(=O)CCCCCNc1ccc(C=O)cc1. The summed E-state index contributed by atoms with van der Waals surface area (Å²) < 4.78 is 4.86. The number of aldehydes is 1. The zero-order chi connectivity index (χ0) is 13.9. The van der Waals surface area contributed by atoms with E-state index in [1.165, 1.54) is 0 Å². The van der Waals surface area contributed by atoms with Crippen molar-refractivity contribution in [3.05, 3.63) is 29.8 Å². The molecule has 19 heavy (non-hydrogen) atoms.